The van der Waals surface area contributed by atoms with Crippen LogP contribution in [-0.2, 0) is 10.2 Å². The summed E-state index contributed by atoms with van der Waals surface area (Å²) in [4.78, 5) is 11.6. The van der Waals surface area contributed by atoms with Gasteiger partial charge in [0.2, 0.25) is 5.91 Å². The number of unbranched alkanes of at least 4 members (excludes halogenated alkanes) is 2. The maximum Gasteiger partial charge on any atom is 0.243 e. The molecule has 0 saturated heterocycles. The molecule has 0 spiro atoms. The molecular formula is C18H27NO. The van der Waals surface area contributed by atoms with Crippen molar-refractivity contribution in [2.45, 2.75) is 52.4 Å². The van der Waals surface area contributed by atoms with Gasteiger partial charge in [-0.2, -0.15) is 0 Å². The molecular weight excluding hydrogens is 246 g/mol. The summed E-state index contributed by atoms with van der Waals surface area (Å²) in [5.74, 6) is -0.0130. The quantitative estimate of drug-likeness (QED) is 0.607. The third-order valence-electron chi connectivity index (χ3n) is 3.28. The number of carbonyl (C=O) groups excluding carboxylic acids is 1. The van der Waals surface area contributed by atoms with Crippen molar-refractivity contribution in [1.82, 2.24) is 5.32 Å². The van der Waals surface area contributed by atoms with Crippen molar-refractivity contribution in [2.24, 2.45) is 0 Å². The first-order valence-corrected chi connectivity index (χ1v) is 7.50. The number of benzene rings is 1. The largest absolute Gasteiger partial charge is 0.353 e. The van der Waals surface area contributed by atoms with E-state index in [1.54, 1.807) is 6.08 Å². The fourth-order valence-electron chi connectivity index (χ4n) is 1.91. The third-order valence-corrected chi connectivity index (χ3v) is 3.28. The van der Waals surface area contributed by atoms with Crippen molar-refractivity contribution in [1.29, 1.82) is 0 Å². The van der Waals surface area contributed by atoms with Gasteiger partial charge in [0.15, 0.2) is 0 Å². The molecule has 0 radical (unpaired) electrons. The fraction of sp³-hybridized carbons (Fsp3) is 0.500. The molecule has 1 aromatic carbocycles. The summed E-state index contributed by atoms with van der Waals surface area (Å²) >= 11 is 0. The SMILES string of the molecule is CCCCCNC(=O)/C=C/c1ccc(C(C)(C)C)cc1. The average Bonchev–Trinajstić information content (AvgIpc) is 2.41. The Hall–Kier alpha value is -1.57. The lowest BCUT2D eigenvalue weighted by Crippen LogP contribution is -2.21. The predicted octanol–water partition coefficient (Wildman–Crippen LogP) is 4.30. The highest BCUT2D eigenvalue weighted by molar-refractivity contribution is 5.91. The zero-order valence-electron chi connectivity index (χ0n) is 13.2. The molecule has 1 rings (SSSR count). The molecule has 1 amide bonds. The van der Waals surface area contributed by atoms with Gasteiger partial charge in [0, 0.05) is 12.6 Å². The molecule has 1 N–H and O–H groups in total. The van der Waals surface area contributed by atoms with E-state index in [2.05, 4.69) is 57.3 Å². The Labute approximate surface area is 123 Å². The number of rotatable bonds is 6. The van der Waals surface area contributed by atoms with Gasteiger partial charge in [0.25, 0.3) is 0 Å². The van der Waals surface area contributed by atoms with Crippen LogP contribution in [0.15, 0.2) is 30.3 Å². The van der Waals surface area contributed by atoms with Crippen LogP contribution < -0.4 is 5.32 Å². The molecule has 0 heterocycles. The number of hydrogen-bond acceptors (Lipinski definition) is 1. The van der Waals surface area contributed by atoms with Crippen molar-refractivity contribution in [2.75, 3.05) is 6.54 Å². The number of amides is 1. The van der Waals surface area contributed by atoms with Gasteiger partial charge in [-0.1, -0.05) is 64.8 Å². The van der Waals surface area contributed by atoms with Crippen molar-refractivity contribution in [3.05, 3.63) is 41.5 Å². The second-order valence-electron chi connectivity index (χ2n) is 6.20. The lowest BCUT2D eigenvalue weighted by atomic mass is 9.87. The van der Waals surface area contributed by atoms with E-state index < -0.39 is 0 Å². The Balaban J connectivity index is 2.47. The van der Waals surface area contributed by atoms with Gasteiger partial charge in [-0.25, -0.2) is 0 Å². The molecule has 110 valence electrons. The molecule has 0 aromatic heterocycles. The van der Waals surface area contributed by atoms with Crippen LogP contribution in [0.4, 0.5) is 0 Å². The van der Waals surface area contributed by atoms with E-state index in [-0.39, 0.29) is 11.3 Å². The summed E-state index contributed by atoms with van der Waals surface area (Å²) in [6, 6.07) is 8.36. The Morgan fingerprint density at radius 2 is 1.80 bits per heavy atom. The first-order valence-electron chi connectivity index (χ1n) is 7.50. The van der Waals surface area contributed by atoms with E-state index in [1.807, 2.05) is 6.08 Å². The molecule has 0 aliphatic carbocycles. The van der Waals surface area contributed by atoms with Crippen LogP contribution in [0.25, 0.3) is 6.08 Å². The van der Waals surface area contributed by atoms with Crippen molar-refractivity contribution in [3.8, 4) is 0 Å². The molecule has 0 unspecified atom stereocenters. The summed E-state index contributed by atoms with van der Waals surface area (Å²) in [7, 11) is 0. The normalized spacial score (nSPS) is 11.8. The number of carbonyl (C=O) groups is 1. The van der Waals surface area contributed by atoms with E-state index in [1.165, 1.54) is 12.0 Å². The van der Waals surface area contributed by atoms with Crippen LogP contribution >= 0.6 is 0 Å². The monoisotopic (exact) mass is 273 g/mol. The molecule has 20 heavy (non-hydrogen) atoms. The van der Waals surface area contributed by atoms with Crippen LogP contribution in [0.5, 0.6) is 0 Å². The van der Waals surface area contributed by atoms with Gasteiger partial charge in [0.1, 0.15) is 0 Å². The maximum atomic E-state index is 11.6. The second-order valence-corrected chi connectivity index (χ2v) is 6.20. The maximum absolute atomic E-state index is 11.6. The van der Waals surface area contributed by atoms with E-state index >= 15 is 0 Å². The van der Waals surface area contributed by atoms with Crippen LogP contribution in [0.3, 0.4) is 0 Å². The highest BCUT2D eigenvalue weighted by atomic mass is 16.1. The summed E-state index contributed by atoms with van der Waals surface area (Å²) in [6.07, 6.45) is 6.86. The van der Waals surface area contributed by atoms with E-state index in [0.29, 0.717) is 0 Å². The molecule has 2 nitrogen and oxygen atoms in total. The highest BCUT2D eigenvalue weighted by Gasteiger charge is 2.12. The second kappa shape index (κ2) is 7.88. The lowest BCUT2D eigenvalue weighted by Gasteiger charge is -2.18. The summed E-state index contributed by atoms with van der Waals surface area (Å²) < 4.78 is 0. The number of hydrogen-bond donors (Lipinski definition) is 1. The first-order chi connectivity index (χ1) is 9.43. The van der Waals surface area contributed by atoms with Crippen LogP contribution in [0, 0.1) is 0 Å². The molecule has 0 fully saturated rings. The molecule has 0 saturated carbocycles. The van der Waals surface area contributed by atoms with Crippen LogP contribution in [0.1, 0.15) is 58.1 Å². The predicted molar refractivity (Wildman–Crippen MR) is 86.7 cm³/mol. The van der Waals surface area contributed by atoms with Crippen molar-refractivity contribution in [3.63, 3.8) is 0 Å². The Bertz CT molecular complexity index is 437. The lowest BCUT2D eigenvalue weighted by molar-refractivity contribution is -0.116. The Morgan fingerprint density at radius 3 is 2.35 bits per heavy atom. The highest BCUT2D eigenvalue weighted by Crippen LogP contribution is 2.22. The molecule has 1 aromatic rings. The fourth-order valence-corrected chi connectivity index (χ4v) is 1.91. The molecule has 0 atom stereocenters. The van der Waals surface area contributed by atoms with E-state index in [9.17, 15) is 4.79 Å². The first kappa shape index (κ1) is 16.5. The Morgan fingerprint density at radius 1 is 1.15 bits per heavy atom. The minimum Gasteiger partial charge on any atom is -0.353 e. The molecule has 0 aliphatic rings. The van der Waals surface area contributed by atoms with Gasteiger partial charge >= 0.3 is 0 Å². The van der Waals surface area contributed by atoms with Gasteiger partial charge < -0.3 is 5.32 Å². The van der Waals surface area contributed by atoms with Gasteiger partial charge in [-0.15, -0.1) is 0 Å². The summed E-state index contributed by atoms with van der Waals surface area (Å²) in [5, 5.41) is 2.90. The zero-order chi connectivity index (χ0) is 15.0. The van der Waals surface area contributed by atoms with Gasteiger partial charge in [0.05, 0.1) is 0 Å². The third kappa shape index (κ3) is 6.05. The average molecular weight is 273 g/mol. The van der Waals surface area contributed by atoms with E-state index in [4.69, 9.17) is 0 Å². The molecule has 0 bridgehead atoms. The molecule has 0 aliphatic heterocycles. The zero-order valence-corrected chi connectivity index (χ0v) is 13.2. The minimum absolute atomic E-state index is 0.0130. The Kier molecular flexibility index (Phi) is 6.50. The van der Waals surface area contributed by atoms with Crippen molar-refractivity contribution >= 4 is 12.0 Å². The topological polar surface area (TPSA) is 29.1 Å². The smallest absolute Gasteiger partial charge is 0.243 e. The van der Waals surface area contributed by atoms with Crippen LogP contribution in [-0.4, -0.2) is 12.5 Å². The summed E-state index contributed by atoms with van der Waals surface area (Å²) in [5.41, 5.74) is 2.53. The minimum atomic E-state index is -0.0130. The van der Waals surface area contributed by atoms with E-state index in [0.717, 1.165) is 24.9 Å². The molecule has 2 heteroatoms. The van der Waals surface area contributed by atoms with Crippen molar-refractivity contribution < 1.29 is 4.79 Å². The van der Waals surface area contributed by atoms with Gasteiger partial charge in [-0.3, -0.25) is 4.79 Å². The summed E-state index contributed by atoms with van der Waals surface area (Å²) in [6.45, 7) is 9.51. The standard InChI is InChI=1S/C18H27NO/c1-5-6-7-14-19-17(20)13-10-15-8-11-16(12-9-15)18(2,3)4/h8-13H,5-7,14H2,1-4H3,(H,19,20)/b13-10+. The van der Waals surface area contributed by atoms with Crippen LogP contribution in [0.2, 0.25) is 0 Å². The van der Waals surface area contributed by atoms with Gasteiger partial charge in [-0.05, 0) is 29.0 Å². The number of nitrogens with one attached hydrogen (secondary N) is 1.